The molecule has 8 rings (SSSR count). The molecule has 2 atom stereocenters. The summed E-state index contributed by atoms with van der Waals surface area (Å²) >= 11 is 3.25. The van der Waals surface area contributed by atoms with Gasteiger partial charge in [-0.2, -0.15) is 0 Å². The summed E-state index contributed by atoms with van der Waals surface area (Å²) in [4.78, 5) is 23.8. The molecule has 4 heterocycles. The van der Waals surface area contributed by atoms with Gasteiger partial charge in [0.2, 0.25) is 0 Å². The minimum atomic E-state index is -1.11. The molecule has 2 unspecified atom stereocenters. The van der Waals surface area contributed by atoms with Gasteiger partial charge in [0.05, 0.1) is 10.8 Å². The fourth-order valence-electron chi connectivity index (χ4n) is 8.93. The number of hydrogen-bond acceptors (Lipinski definition) is 6. The van der Waals surface area contributed by atoms with Crippen molar-refractivity contribution in [1.82, 2.24) is 0 Å². The number of aliphatic carboxylic acids is 2. The predicted octanol–water partition coefficient (Wildman–Crippen LogP) is 10.5. The number of benzene rings is 2. The maximum Gasteiger partial charge on any atom is 0.382 e. The number of hydrogen-bond donors (Lipinski definition) is 2. The number of carboxylic acids is 2. The van der Waals surface area contributed by atoms with Crippen LogP contribution >= 0.6 is 22.7 Å². The standard InChI is InChI=1S/2C24H26O3S/c2*1-22(2)8-9-23(3,4)17-12-19-18(11-16(17)22)24(5,14-27-19)20-10-15(13-28-20)6-7-21(25)26/h2*10-13H,8-9,14H2,1-5H3,(H,25,26). The highest BCUT2D eigenvalue weighted by molar-refractivity contribution is 7.10. The molecule has 0 radical (unpaired) electrons. The van der Waals surface area contributed by atoms with Gasteiger partial charge in [-0.1, -0.05) is 79.4 Å². The zero-order valence-electron chi connectivity index (χ0n) is 34.2. The molecule has 4 aliphatic rings. The van der Waals surface area contributed by atoms with Gasteiger partial charge in [0.25, 0.3) is 0 Å². The molecule has 0 bridgehead atoms. The first-order chi connectivity index (χ1) is 26.1. The Labute approximate surface area is 339 Å². The Bertz CT molecular complexity index is 2230. The molecule has 2 aromatic carbocycles. The fourth-order valence-corrected chi connectivity index (χ4v) is 10.9. The lowest BCUT2D eigenvalue weighted by Gasteiger charge is -2.42. The summed E-state index contributed by atoms with van der Waals surface area (Å²) in [5.74, 6) is 9.60. The first-order valence-electron chi connectivity index (χ1n) is 19.4. The van der Waals surface area contributed by atoms with Crippen LogP contribution in [-0.2, 0) is 42.1 Å². The SMILES string of the molecule is CC1(C)CCC(C)(C)c2cc3c(cc21)OCC3(C)c1cc(C#CC(=O)O)cs1.CC1(C)CCC(C)(C)c2cc3c(cc21)OCC3(C)c1cc(C#CC(=O)O)cs1. The van der Waals surface area contributed by atoms with Crippen LogP contribution in [0.5, 0.6) is 11.5 Å². The largest absolute Gasteiger partial charge is 0.492 e. The second kappa shape index (κ2) is 13.6. The number of ether oxygens (including phenoxy) is 2. The van der Waals surface area contributed by atoms with Crippen molar-refractivity contribution in [2.45, 2.75) is 127 Å². The molecule has 4 aromatic rings. The van der Waals surface area contributed by atoms with Crippen molar-refractivity contribution in [1.29, 1.82) is 0 Å². The number of carboxylic acid groups (broad SMARTS) is 2. The third kappa shape index (κ3) is 6.94. The van der Waals surface area contributed by atoms with Crippen LogP contribution in [0, 0.1) is 23.7 Å². The predicted molar refractivity (Wildman–Crippen MR) is 225 cm³/mol. The Balaban J connectivity index is 0.000000172. The van der Waals surface area contributed by atoms with Crippen molar-refractivity contribution in [3.63, 3.8) is 0 Å². The van der Waals surface area contributed by atoms with E-state index in [1.807, 2.05) is 22.9 Å². The van der Waals surface area contributed by atoms with E-state index in [2.05, 4.69) is 117 Å². The van der Waals surface area contributed by atoms with Gasteiger partial charge in [0.1, 0.15) is 24.7 Å². The zero-order valence-corrected chi connectivity index (χ0v) is 35.8. The third-order valence-electron chi connectivity index (χ3n) is 13.0. The highest BCUT2D eigenvalue weighted by Gasteiger charge is 2.46. The van der Waals surface area contributed by atoms with Crippen molar-refractivity contribution in [3.8, 4) is 35.2 Å². The van der Waals surface area contributed by atoms with Gasteiger partial charge in [0, 0.05) is 54.6 Å². The van der Waals surface area contributed by atoms with Gasteiger partial charge >= 0.3 is 11.9 Å². The number of fused-ring (bicyclic) bond motifs is 4. The minimum absolute atomic E-state index is 0.150. The van der Waals surface area contributed by atoms with Crippen molar-refractivity contribution < 1.29 is 29.3 Å². The summed E-state index contributed by atoms with van der Waals surface area (Å²) in [5, 5.41) is 21.4. The van der Waals surface area contributed by atoms with E-state index >= 15 is 0 Å². The van der Waals surface area contributed by atoms with Gasteiger partial charge in [-0.3, -0.25) is 0 Å². The smallest absolute Gasteiger partial charge is 0.382 e. The maximum absolute atomic E-state index is 10.7. The maximum atomic E-state index is 10.7. The molecule has 0 saturated heterocycles. The molecule has 0 fully saturated rings. The topological polar surface area (TPSA) is 93.1 Å². The molecule has 2 aliphatic carbocycles. The summed E-state index contributed by atoms with van der Waals surface area (Å²) in [6.07, 6.45) is 4.72. The first-order valence-corrected chi connectivity index (χ1v) is 21.1. The Morgan fingerprint density at radius 3 is 1.16 bits per heavy atom. The van der Waals surface area contributed by atoms with Gasteiger partial charge in [-0.05, 0) is 108 Å². The molecule has 56 heavy (non-hydrogen) atoms. The number of thiophene rings is 2. The molecule has 0 saturated carbocycles. The molecule has 0 spiro atoms. The average Bonchev–Trinajstić information content (AvgIpc) is 3.94. The monoisotopic (exact) mass is 788 g/mol. The third-order valence-corrected chi connectivity index (χ3v) is 15.4. The minimum Gasteiger partial charge on any atom is -0.492 e. The summed E-state index contributed by atoms with van der Waals surface area (Å²) < 4.78 is 12.4. The Kier molecular flexibility index (Phi) is 9.62. The lowest BCUT2D eigenvalue weighted by Crippen LogP contribution is -2.34. The molecular formula is C48H52O6S2. The number of carbonyl (C=O) groups is 2. The zero-order chi connectivity index (χ0) is 40.6. The second-order valence-corrected chi connectivity index (χ2v) is 20.9. The molecule has 2 aromatic heterocycles. The molecular weight excluding hydrogens is 737 g/mol. The molecule has 8 heteroatoms. The fraction of sp³-hybridized carbons (Fsp3) is 0.458. The second-order valence-electron chi connectivity index (χ2n) is 19.1. The quantitative estimate of drug-likeness (QED) is 0.197. The molecule has 2 aliphatic heterocycles. The van der Waals surface area contributed by atoms with Gasteiger partial charge < -0.3 is 19.7 Å². The lowest BCUT2D eigenvalue weighted by molar-refractivity contribution is -0.131. The van der Waals surface area contributed by atoms with E-state index in [1.165, 1.54) is 59.1 Å². The summed E-state index contributed by atoms with van der Waals surface area (Å²) in [5.41, 5.74) is 9.77. The van der Waals surface area contributed by atoms with Crippen LogP contribution in [0.25, 0.3) is 0 Å². The van der Waals surface area contributed by atoms with Crippen LogP contribution in [0.1, 0.15) is 149 Å². The van der Waals surface area contributed by atoms with E-state index in [-0.39, 0.29) is 32.5 Å². The highest BCUT2D eigenvalue weighted by atomic mass is 32.1. The van der Waals surface area contributed by atoms with Crippen molar-refractivity contribution in [3.05, 3.63) is 101 Å². The lowest BCUT2D eigenvalue weighted by atomic mass is 9.62. The van der Waals surface area contributed by atoms with Crippen molar-refractivity contribution in [2.75, 3.05) is 13.2 Å². The molecule has 0 amide bonds. The van der Waals surface area contributed by atoms with E-state index < -0.39 is 11.9 Å². The van der Waals surface area contributed by atoms with E-state index in [1.54, 1.807) is 22.7 Å². The van der Waals surface area contributed by atoms with Crippen LogP contribution in [0.4, 0.5) is 0 Å². The van der Waals surface area contributed by atoms with E-state index in [0.717, 1.165) is 32.4 Å². The average molecular weight is 789 g/mol. The molecule has 2 N–H and O–H groups in total. The highest BCUT2D eigenvalue weighted by Crippen LogP contribution is 2.54. The first kappa shape index (κ1) is 39.7. The Morgan fingerprint density at radius 2 is 0.839 bits per heavy atom. The number of rotatable bonds is 2. The normalized spacial score (nSPS) is 23.8. The van der Waals surface area contributed by atoms with Gasteiger partial charge in [-0.15, -0.1) is 22.7 Å². The van der Waals surface area contributed by atoms with Crippen LogP contribution in [0.2, 0.25) is 0 Å². The van der Waals surface area contributed by atoms with Crippen LogP contribution in [-0.4, -0.2) is 35.4 Å². The summed E-state index contributed by atoms with van der Waals surface area (Å²) in [6, 6.07) is 13.3. The van der Waals surface area contributed by atoms with Crippen molar-refractivity contribution in [2.24, 2.45) is 0 Å². The summed E-state index contributed by atoms with van der Waals surface area (Å²) in [7, 11) is 0. The van der Waals surface area contributed by atoms with Crippen LogP contribution in [0.3, 0.4) is 0 Å². The van der Waals surface area contributed by atoms with Crippen molar-refractivity contribution >= 4 is 34.6 Å². The van der Waals surface area contributed by atoms with Crippen LogP contribution < -0.4 is 9.47 Å². The van der Waals surface area contributed by atoms with E-state index in [9.17, 15) is 9.59 Å². The van der Waals surface area contributed by atoms with Gasteiger partial charge in [-0.25, -0.2) is 9.59 Å². The Hall–Kier alpha value is -4.50. The van der Waals surface area contributed by atoms with E-state index in [4.69, 9.17) is 19.7 Å². The van der Waals surface area contributed by atoms with Crippen LogP contribution in [0.15, 0.2) is 47.2 Å². The van der Waals surface area contributed by atoms with Gasteiger partial charge in [0.15, 0.2) is 0 Å². The molecule has 292 valence electrons. The summed E-state index contributed by atoms with van der Waals surface area (Å²) in [6.45, 7) is 24.3. The Morgan fingerprint density at radius 1 is 0.518 bits per heavy atom. The molecule has 6 nitrogen and oxygen atoms in total. The van der Waals surface area contributed by atoms with E-state index in [0.29, 0.717) is 13.2 Å².